The zero-order chi connectivity index (χ0) is 14.6. The molecule has 0 aliphatic rings. The van der Waals surface area contributed by atoms with Crippen LogP contribution < -0.4 is 10.0 Å². The van der Waals surface area contributed by atoms with E-state index in [0.29, 0.717) is 17.1 Å². The minimum absolute atomic E-state index is 0.314. The van der Waals surface area contributed by atoms with Gasteiger partial charge >= 0.3 is 0 Å². The van der Waals surface area contributed by atoms with Gasteiger partial charge in [0.05, 0.1) is 4.90 Å². The Labute approximate surface area is 123 Å². The summed E-state index contributed by atoms with van der Waals surface area (Å²) in [6.07, 6.45) is 0.875. The van der Waals surface area contributed by atoms with Crippen molar-refractivity contribution in [2.45, 2.75) is 24.8 Å². The van der Waals surface area contributed by atoms with Crippen molar-refractivity contribution in [3.8, 4) is 0 Å². The summed E-state index contributed by atoms with van der Waals surface area (Å²) >= 11 is 1.44. The quantitative estimate of drug-likeness (QED) is 0.862. The molecule has 0 saturated carbocycles. The molecule has 0 amide bonds. The largest absolute Gasteiger partial charge is 0.315 e. The Bertz CT molecular complexity index is 678. The topological polar surface area (TPSA) is 58.2 Å². The molecule has 0 aliphatic heterocycles. The molecule has 0 bridgehead atoms. The zero-order valence-corrected chi connectivity index (χ0v) is 13.1. The van der Waals surface area contributed by atoms with E-state index in [-0.39, 0.29) is 0 Å². The van der Waals surface area contributed by atoms with Gasteiger partial charge in [0.25, 0.3) is 10.0 Å². The van der Waals surface area contributed by atoms with Crippen LogP contribution in [0.5, 0.6) is 0 Å². The van der Waals surface area contributed by atoms with Gasteiger partial charge in [0.15, 0.2) is 0 Å². The van der Waals surface area contributed by atoms with Crippen LogP contribution in [0.1, 0.15) is 17.4 Å². The minimum Gasteiger partial charge on any atom is -0.315 e. The Morgan fingerprint density at radius 2 is 2.05 bits per heavy atom. The van der Waals surface area contributed by atoms with Crippen LogP contribution in [-0.2, 0) is 23.0 Å². The van der Waals surface area contributed by atoms with Gasteiger partial charge in [0.1, 0.15) is 0 Å². The Morgan fingerprint density at radius 3 is 2.75 bits per heavy atom. The van der Waals surface area contributed by atoms with Crippen LogP contribution in [-0.4, -0.2) is 15.5 Å². The summed E-state index contributed by atoms with van der Waals surface area (Å²) in [5.74, 6) is 0. The van der Waals surface area contributed by atoms with Crippen LogP contribution in [0.15, 0.2) is 40.6 Å². The van der Waals surface area contributed by atoms with Gasteiger partial charge in [-0.05, 0) is 37.2 Å². The fraction of sp³-hybridized carbons (Fsp3) is 0.286. The third kappa shape index (κ3) is 3.59. The zero-order valence-electron chi connectivity index (χ0n) is 11.5. The van der Waals surface area contributed by atoms with Crippen LogP contribution in [0.2, 0.25) is 0 Å². The maximum atomic E-state index is 12.3. The second-order valence-electron chi connectivity index (χ2n) is 4.44. The summed E-state index contributed by atoms with van der Waals surface area (Å²) in [4.78, 5) is 1.31. The highest BCUT2D eigenvalue weighted by molar-refractivity contribution is 7.92. The standard InChI is InChI=1S/C14H18N2O2S2/c1-3-11-5-4-6-12(7-11)16-20(17,18)14-8-13(9-15-2)19-10-14/h4-8,10,15-16H,3,9H2,1-2H3. The number of hydrogen-bond donors (Lipinski definition) is 2. The lowest BCUT2D eigenvalue weighted by Crippen LogP contribution is -2.12. The first kappa shape index (κ1) is 15.0. The molecule has 0 radical (unpaired) electrons. The smallest absolute Gasteiger partial charge is 0.262 e. The van der Waals surface area contributed by atoms with Crippen molar-refractivity contribution in [2.75, 3.05) is 11.8 Å². The maximum Gasteiger partial charge on any atom is 0.262 e. The van der Waals surface area contributed by atoms with Gasteiger partial charge in [-0.2, -0.15) is 0 Å². The van der Waals surface area contributed by atoms with Crippen molar-refractivity contribution < 1.29 is 8.42 Å². The van der Waals surface area contributed by atoms with Crippen molar-refractivity contribution in [1.82, 2.24) is 5.32 Å². The van der Waals surface area contributed by atoms with Gasteiger partial charge < -0.3 is 5.32 Å². The monoisotopic (exact) mass is 310 g/mol. The van der Waals surface area contributed by atoms with E-state index >= 15 is 0 Å². The van der Waals surface area contributed by atoms with Crippen molar-refractivity contribution in [3.63, 3.8) is 0 Å². The number of rotatable bonds is 6. The number of thiophene rings is 1. The second-order valence-corrected chi connectivity index (χ2v) is 7.12. The SMILES string of the molecule is CCc1cccc(NS(=O)(=O)c2csc(CNC)c2)c1. The third-order valence-corrected chi connectivity index (χ3v) is 5.33. The van der Waals surface area contributed by atoms with Gasteiger partial charge in [-0.3, -0.25) is 4.72 Å². The van der Waals surface area contributed by atoms with E-state index in [9.17, 15) is 8.42 Å². The summed E-state index contributed by atoms with van der Waals surface area (Å²) in [5, 5.41) is 4.67. The van der Waals surface area contributed by atoms with E-state index in [4.69, 9.17) is 0 Å². The van der Waals surface area contributed by atoms with Crippen LogP contribution in [0.25, 0.3) is 0 Å². The molecule has 6 heteroatoms. The van der Waals surface area contributed by atoms with Crippen molar-refractivity contribution >= 4 is 27.0 Å². The maximum absolute atomic E-state index is 12.3. The summed E-state index contributed by atoms with van der Waals surface area (Å²) in [6, 6.07) is 9.16. The highest BCUT2D eigenvalue weighted by Crippen LogP contribution is 2.22. The lowest BCUT2D eigenvalue weighted by molar-refractivity contribution is 0.601. The summed E-state index contributed by atoms with van der Waals surface area (Å²) in [5.41, 5.74) is 1.71. The molecule has 2 N–H and O–H groups in total. The Balaban J connectivity index is 2.21. The Kier molecular flexibility index (Phi) is 4.80. The van der Waals surface area contributed by atoms with Crippen LogP contribution in [0.3, 0.4) is 0 Å². The molecule has 1 aromatic heterocycles. The molecule has 20 heavy (non-hydrogen) atoms. The molecular formula is C14H18N2O2S2. The molecule has 0 spiro atoms. The van der Waals surface area contributed by atoms with Gasteiger partial charge in [0.2, 0.25) is 0 Å². The molecule has 1 aromatic carbocycles. The lowest BCUT2D eigenvalue weighted by atomic mass is 10.1. The second kappa shape index (κ2) is 6.39. The highest BCUT2D eigenvalue weighted by Gasteiger charge is 2.16. The predicted octanol–water partition coefficient (Wildman–Crippen LogP) is 2.83. The minimum atomic E-state index is -3.50. The average molecular weight is 310 g/mol. The number of aryl methyl sites for hydroxylation is 1. The van der Waals surface area contributed by atoms with Crippen molar-refractivity contribution in [1.29, 1.82) is 0 Å². The lowest BCUT2D eigenvalue weighted by Gasteiger charge is -2.07. The molecule has 108 valence electrons. The van der Waals surface area contributed by atoms with Crippen molar-refractivity contribution in [3.05, 3.63) is 46.2 Å². The predicted molar refractivity (Wildman–Crippen MR) is 83.7 cm³/mol. The van der Waals surface area contributed by atoms with E-state index < -0.39 is 10.0 Å². The number of anilines is 1. The number of sulfonamides is 1. The number of benzene rings is 1. The molecule has 1 heterocycles. The van der Waals surface area contributed by atoms with Gasteiger partial charge in [0, 0.05) is 22.5 Å². The van der Waals surface area contributed by atoms with E-state index in [1.165, 1.54) is 11.3 Å². The molecule has 4 nitrogen and oxygen atoms in total. The molecule has 0 fully saturated rings. The summed E-state index contributed by atoms with van der Waals surface area (Å²) in [6.45, 7) is 2.71. The highest BCUT2D eigenvalue weighted by atomic mass is 32.2. The average Bonchev–Trinajstić information content (AvgIpc) is 2.88. The van der Waals surface area contributed by atoms with Crippen LogP contribution in [0, 0.1) is 0 Å². The first-order chi connectivity index (χ1) is 9.55. The normalized spacial score (nSPS) is 11.5. The Hall–Kier alpha value is -1.37. The van der Waals surface area contributed by atoms with E-state index in [1.807, 2.05) is 32.2 Å². The number of hydrogen-bond acceptors (Lipinski definition) is 4. The van der Waals surface area contributed by atoms with Gasteiger partial charge in [-0.1, -0.05) is 19.1 Å². The van der Waals surface area contributed by atoms with Gasteiger partial charge in [-0.25, -0.2) is 8.42 Å². The molecule has 0 atom stereocenters. The first-order valence-electron chi connectivity index (χ1n) is 6.39. The van der Waals surface area contributed by atoms with E-state index in [0.717, 1.165) is 16.9 Å². The van der Waals surface area contributed by atoms with E-state index in [2.05, 4.69) is 10.0 Å². The molecule has 0 unspecified atom stereocenters. The molecule has 0 aliphatic carbocycles. The Morgan fingerprint density at radius 1 is 1.25 bits per heavy atom. The molecule has 0 saturated heterocycles. The van der Waals surface area contributed by atoms with Gasteiger partial charge in [-0.15, -0.1) is 11.3 Å². The van der Waals surface area contributed by atoms with Crippen molar-refractivity contribution in [2.24, 2.45) is 0 Å². The van der Waals surface area contributed by atoms with Crippen LogP contribution in [0.4, 0.5) is 5.69 Å². The summed E-state index contributed by atoms with van der Waals surface area (Å²) in [7, 11) is -1.67. The third-order valence-electron chi connectivity index (χ3n) is 2.88. The fourth-order valence-electron chi connectivity index (χ4n) is 1.84. The molecule has 2 rings (SSSR count). The first-order valence-corrected chi connectivity index (χ1v) is 8.75. The molecular weight excluding hydrogens is 292 g/mol. The molecule has 2 aromatic rings. The van der Waals surface area contributed by atoms with Crippen LogP contribution >= 0.6 is 11.3 Å². The number of nitrogens with one attached hydrogen (secondary N) is 2. The van der Waals surface area contributed by atoms with E-state index in [1.54, 1.807) is 17.5 Å². The fourth-order valence-corrected chi connectivity index (χ4v) is 4.17. The summed E-state index contributed by atoms with van der Waals surface area (Å²) < 4.78 is 27.2.